The summed E-state index contributed by atoms with van der Waals surface area (Å²) in [6.45, 7) is 1.41. The maximum atomic E-state index is 13.6. The van der Waals surface area contributed by atoms with E-state index in [-0.39, 0.29) is 23.6 Å². The monoisotopic (exact) mass is 509 g/mol. The minimum Gasteiger partial charge on any atom is -0.431 e. The quantitative estimate of drug-likeness (QED) is 0.411. The number of piperidine rings is 1. The Bertz CT molecular complexity index is 1280. The van der Waals surface area contributed by atoms with Gasteiger partial charge >= 0.3 is 6.18 Å². The van der Waals surface area contributed by atoms with Gasteiger partial charge in [-0.3, -0.25) is 9.59 Å². The second-order valence-corrected chi connectivity index (χ2v) is 9.38. The fraction of sp³-hybridized carbons (Fsp3) is 0.321. The van der Waals surface area contributed by atoms with E-state index >= 15 is 0 Å². The number of oxazole rings is 1. The van der Waals surface area contributed by atoms with E-state index in [1.807, 2.05) is 17.0 Å². The molecule has 5 rings (SSSR count). The van der Waals surface area contributed by atoms with Crippen molar-refractivity contribution in [3.05, 3.63) is 83.8 Å². The van der Waals surface area contributed by atoms with Gasteiger partial charge in [-0.05, 0) is 61.4 Å². The number of hydrogen-bond acceptors (Lipinski definition) is 4. The Balaban J connectivity index is 1.24. The summed E-state index contributed by atoms with van der Waals surface area (Å²) in [5, 5.41) is 2.50. The number of likely N-dealkylation sites (tertiary alicyclic amines) is 1. The smallest absolute Gasteiger partial charge is 0.431 e. The average Bonchev–Trinajstić information content (AvgIpc) is 3.60. The normalized spacial score (nSPS) is 16.8. The molecule has 2 aromatic carbocycles. The number of allylic oxidation sites excluding steroid dienone is 2. The number of benzene rings is 2. The first-order chi connectivity index (χ1) is 17.8. The number of hydrogen-bond donors (Lipinski definition) is 1. The summed E-state index contributed by atoms with van der Waals surface area (Å²) in [7, 11) is 0. The number of carbonyl (C=O) groups is 2. The van der Waals surface area contributed by atoms with Gasteiger partial charge in [-0.2, -0.15) is 13.2 Å². The molecule has 2 aliphatic rings. The zero-order valence-electron chi connectivity index (χ0n) is 20.0. The lowest BCUT2D eigenvalue weighted by molar-refractivity contribution is -0.153. The van der Waals surface area contributed by atoms with Crippen LogP contribution in [0, 0.1) is 5.92 Å². The molecule has 2 amide bonds. The van der Waals surface area contributed by atoms with E-state index in [1.54, 1.807) is 42.5 Å². The largest absolute Gasteiger partial charge is 0.452 e. The summed E-state index contributed by atoms with van der Waals surface area (Å²) in [6, 6.07) is 15.2. The lowest BCUT2D eigenvalue weighted by atomic mass is 9.88. The molecule has 2 heterocycles. The fourth-order valence-electron chi connectivity index (χ4n) is 4.91. The average molecular weight is 510 g/mol. The van der Waals surface area contributed by atoms with Crippen LogP contribution in [0.2, 0.25) is 0 Å². The Morgan fingerprint density at radius 1 is 0.946 bits per heavy atom. The number of nitrogens with one attached hydrogen (secondary N) is 1. The van der Waals surface area contributed by atoms with Crippen molar-refractivity contribution in [3.8, 4) is 11.5 Å². The van der Waals surface area contributed by atoms with Crippen molar-refractivity contribution in [3.63, 3.8) is 0 Å². The van der Waals surface area contributed by atoms with Gasteiger partial charge in [-0.25, -0.2) is 4.98 Å². The highest BCUT2D eigenvalue weighted by molar-refractivity contribution is 6.04. The molecule has 1 saturated heterocycles. The van der Waals surface area contributed by atoms with E-state index < -0.39 is 23.5 Å². The van der Waals surface area contributed by atoms with E-state index in [0.29, 0.717) is 24.3 Å². The number of aromatic nitrogens is 1. The van der Waals surface area contributed by atoms with Crippen LogP contribution in [0.5, 0.6) is 0 Å². The van der Waals surface area contributed by atoms with Crippen LogP contribution in [0.3, 0.4) is 0 Å². The maximum Gasteiger partial charge on any atom is 0.452 e. The molecule has 0 saturated carbocycles. The van der Waals surface area contributed by atoms with Crippen LogP contribution < -0.4 is 5.32 Å². The van der Waals surface area contributed by atoms with Crippen molar-refractivity contribution in [2.45, 2.75) is 37.8 Å². The number of anilines is 1. The van der Waals surface area contributed by atoms with Crippen molar-refractivity contribution in [1.82, 2.24) is 9.88 Å². The molecule has 0 radical (unpaired) electrons. The first kappa shape index (κ1) is 24.8. The second-order valence-electron chi connectivity index (χ2n) is 9.38. The predicted molar refractivity (Wildman–Crippen MR) is 132 cm³/mol. The number of amides is 2. The minimum atomic E-state index is -4.87. The summed E-state index contributed by atoms with van der Waals surface area (Å²) in [4.78, 5) is 31.2. The van der Waals surface area contributed by atoms with Crippen LogP contribution in [0.1, 0.15) is 53.4 Å². The SMILES string of the molecule is O=C(Nc1ccc(C2CCN(C(=O)C3CC=CC3)CC2)cc1)c1nc(-c2ccccc2)oc1C(F)(F)F. The van der Waals surface area contributed by atoms with Gasteiger partial charge in [-0.15, -0.1) is 0 Å². The Hall–Kier alpha value is -3.88. The van der Waals surface area contributed by atoms with Gasteiger partial charge in [0.2, 0.25) is 17.6 Å². The Morgan fingerprint density at radius 3 is 2.22 bits per heavy atom. The summed E-state index contributed by atoms with van der Waals surface area (Å²) in [5.74, 6) is -2.14. The Labute approximate surface area is 212 Å². The van der Waals surface area contributed by atoms with Gasteiger partial charge in [0.1, 0.15) is 0 Å². The van der Waals surface area contributed by atoms with Crippen molar-refractivity contribution >= 4 is 17.5 Å². The van der Waals surface area contributed by atoms with Gasteiger partial charge in [0.05, 0.1) is 0 Å². The number of alkyl halides is 3. The minimum absolute atomic E-state index is 0.0748. The van der Waals surface area contributed by atoms with Crippen molar-refractivity contribution < 1.29 is 27.2 Å². The van der Waals surface area contributed by atoms with E-state index in [1.165, 1.54) is 0 Å². The van der Waals surface area contributed by atoms with Crippen LogP contribution in [-0.4, -0.2) is 34.8 Å². The number of carbonyl (C=O) groups excluding carboxylic acids is 2. The molecular formula is C28H26F3N3O3. The van der Waals surface area contributed by atoms with E-state index in [4.69, 9.17) is 4.42 Å². The van der Waals surface area contributed by atoms with E-state index in [0.717, 1.165) is 31.2 Å². The Kier molecular flexibility index (Phi) is 6.86. The number of halogens is 3. The van der Waals surface area contributed by atoms with Gasteiger partial charge < -0.3 is 14.6 Å². The van der Waals surface area contributed by atoms with Crippen molar-refractivity contribution in [2.24, 2.45) is 5.92 Å². The first-order valence-corrected chi connectivity index (χ1v) is 12.3. The highest BCUT2D eigenvalue weighted by atomic mass is 19.4. The molecule has 0 atom stereocenters. The summed E-state index contributed by atoms with van der Waals surface area (Å²) < 4.78 is 45.6. The summed E-state index contributed by atoms with van der Waals surface area (Å²) in [6.07, 6.45) is 2.56. The van der Waals surface area contributed by atoms with Crippen LogP contribution >= 0.6 is 0 Å². The summed E-state index contributed by atoms with van der Waals surface area (Å²) in [5.41, 5.74) is 0.942. The fourth-order valence-corrected chi connectivity index (χ4v) is 4.91. The molecule has 37 heavy (non-hydrogen) atoms. The molecule has 1 aliphatic carbocycles. The molecule has 1 aromatic heterocycles. The molecular weight excluding hydrogens is 483 g/mol. The standard InChI is InChI=1S/C28H26F3N3O3/c29-28(30,31)24-23(33-26(37-24)20-6-2-1-3-7-20)25(35)32-22-12-10-18(11-13-22)19-14-16-34(17-15-19)27(36)21-8-4-5-9-21/h1-7,10-13,19,21H,8-9,14-17H2,(H,32,35). The van der Waals surface area contributed by atoms with Crippen LogP contribution in [0.25, 0.3) is 11.5 Å². The Morgan fingerprint density at radius 2 is 1.59 bits per heavy atom. The number of rotatable bonds is 5. The molecule has 9 heteroatoms. The third kappa shape index (κ3) is 5.45. The molecule has 6 nitrogen and oxygen atoms in total. The van der Waals surface area contributed by atoms with Crippen LogP contribution in [0.4, 0.5) is 18.9 Å². The van der Waals surface area contributed by atoms with Crippen molar-refractivity contribution in [2.75, 3.05) is 18.4 Å². The lowest BCUT2D eigenvalue weighted by Crippen LogP contribution is -2.40. The van der Waals surface area contributed by atoms with Gasteiger partial charge in [0, 0.05) is 30.3 Å². The highest BCUT2D eigenvalue weighted by Crippen LogP contribution is 2.36. The maximum absolute atomic E-state index is 13.6. The molecule has 0 unspecified atom stereocenters. The van der Waals surface area contributed by atoms with E-state index in [2.05, 4.69) is 22.5 Å². The molecule has 1 N–H and O–H groups in total. The molecule has 1 aliphatic heterocycles. The zero-order chi connectivity index (χ0) is 26.0. The van der Waals surface area contributed by atoms with Crippen LogP contribution in [0.15, 0.2) is 71.2 Å². The highest BCUT2D eigenvalue weighted by Gasteiger charge is 2.42. The van der Waals surface area contributed by atoms with Gasteiger partial charge in [0.25, 0.3) is 5.91 Å². The molecule has 0 bridgehead atoms. The van der Waals surface area contributed by atoms with Crippen molar-refractivity contribution in [1.29, 1.82) is 0 Å². The molecule has 3 aromatic rings. The zero-order valence-corrected chi connectivity index (χ0v) is 20.0. The first-order valence-electron chi connectivity index (χ1n) is 12.3. The van der Waals surface area contributed by atoms with Crippen LogP contribution in [-0.2, 0) is 11.0 Å². The van der Waals surface area contributed by atoms with Gasteiger partial charge in [-0.1, -0.05) is 42.5 Å². The van der Waals surface area contributed by atoms with E-state index in [9.17, 15) is 22.8 Å². The van der Waals surface area contributed by atoms with Gasteiger partial charge in [0.15, 0.2) is 5.69 Å². The lowest BCUT2D eigenvalue weighted by Gasteiger charge is -2.34. The third-order valence-corrected chi connectivity index (χ3v) is 6.92. The molecule has 1 fully saturated rings. The molecule has 192 valence electrons. The second kappa shape index (κ2) is 10.2. The molecule has 0 spiro atoms. The summed E-state index contributed by atoms with van der Waals surface area (Å²) >= 11 is 0. The topological polar surface area (TPSA) is 75.4 Å². The number of nitrogens with zero attached hydrogens (tertiary/aromatic N) is 2. The third-order valence-electron chi connectivity index (χ3n) is 6.92. The predicted octanol–water partition coefficient (Wildman–Crippen LogP) is 6.28.